The van der Waals surface area contributed by atoms with E-state index in [9.17, 15) is 20.4 Å². The van der Waals surface area contributed by atoms with Crippen LogP contribution in [0.4, 0.5) is 0 Å². The lowest BCUT2D eigenvalue weighted by atomic mass is 9.91. The van der Waals surface area contributed by atoms with E-state index >= 15 is 0 Å². The zero-order valence-corrected chi connectivity index (χ0v) is 30.5. The van der Waals surface area contributed by atoms with Crippen molar-refractivity contribution < 1.29 is 39.4 Å². The number of benzene rings is 6. The van der Waals surface area contributed by atoms with Gasteiger partial charge >= 0.3 is 0 Å². The summed E-state index contributed by atoms with van der Waals surface area (Å²) in [5.74, 6) is 1.85. The van der Waals surface area contributed by atoms with Crippen LogP contribution >= 0.6 is 0 Å². The summed E-state index contributed by atoms with van der Waals surface area (Å²) in [6.45, 7) is 0.0494. The quantitative estimate of drug-likeness (QED) is 0.127. The molecule has 54 heavy (non-hydrogen) atoms. The predicted molar refractivity (Wildman–Crippen MR) is 207 cm³/mol. The molecule has 0 fully saturated rings. The van der Waals surface area contributed by atoms with E-state index in [1.54, 1.807) is 14.2 Å². The zero-order chi connectivity index (χ0) is 37.6. The molecule has 0 aromatic heterocycles. The topological polar surface area (TPSA) is 118 Å². The maximum atomic E-state index is 11.6. The van der Waals surface area contributed by atoms with Crippen molar-refractivity contribution in [3.05, 3.63) is 176 Å². The number of hydrogen-bond donors (Lipinski definition) is 4. The third kappa shape index (κ3) is 7.71. The van der Waals surface area contributed by atoms with Gasteiger partial charge in [-0.05, 0) is 66.8 Å². The van der Waals surface area contributed by atoms with Crippen LogP contribution in [0.2, 0.25) is 0 Å². The van der Waals surface area contributed by atoms with Gasteiger partial charge in [-0.25, -0.2) is 0 Å². The minimum absolute atomic E-state index is 0.0247. The van der Waals surface area contributed by atoms with Gasteiger partial charge in [-0.15, -0.1) is 0 Å². The molecule has 7 rings (SSSR count). The van der Waals surface area contributed by atoms with E-state index in [-0.39, 0.29) is 36.6 Å². The molecule has 0 amide bonds. The molecule has 0 heterocycles. The molecule has 6 aromatic carbocycles. The van der Waals surface area contributed by atoms with E-state index in [0.29, 0.717) is 94.5 Å². The third-order valence-electron chi connectivity index (χ3n) is 10.1. The normalized spacial score (nSPS) is 12.8. The lowest BCUT2D eigenvalue weighted by Gasteiger charge is -2.19. The van der Waals surface area contributed by atoms with Gasteiger partial charge in [0.1, 0.15) is 34.5 Å². The highest BCUT2D eigenvalue weighted by Gasteiger charge is 2.21. The standard InChI is InChI=1S/C46H44O8/c1-51-27-53-45-37-17-7-18-38(45)24-34-14-4-10-30(42(34)48)22-32-12-6-16-36(44(32)50)26-40-20-8-19-39(46(40)54-28-52-2)25-35-15-5-11-31(43(35)49)21-29-9-3-13-33(23-37)41(29)47/h3-20,47-50H,21-28H2,1-2H3. The van der Waals surface area contributed by atoms with E-state index in [0.717, 1.165) is 22.3 Å². The Kier molecular flexibility index (Phi) is 11.0. The van der Waals surface area contributed by atoms with Crippen LogP contribution in [0.1, 0.15) is 66.8 Å². The highest BCUT2D eigenvalue weighted by atomic mass is 16.7. The monoisotopic (exact) mass is 724 g/mol. The van der Waals surface area contributed by atoms with Gasteiger partial charge in [0.05, 0.1) is 0 Å². The number of aromatic hydroxyl groups is 4. The van der Waals surface area contributed by atoms with Crippen LogP contribution in [0.5, 0.6) is 34.5 Å². The Hall–Kier alpha value is -5.96. The lowest BCUT2D eigenvalue weighted by molar-refractivity contribution is 0.0497. The van der Waals surface area contributed by atoms with E-state index in [2.05, 4.69) is 0 Å². The van der Waals surface area contributed by atoms with Crippen LogP contribution in [0.15, 0.2) is 109 Å². The van der Waals surface area contributed by atoms with E-state index < -0.39 is 0 Å². The summed E-state index contributed by atoms with van der Waals surface area (Å²) in [5.41, 5.74) is 8.96. The molecule has 0 saturated heterocycles. The maximum absolute atomic E-state index is 11.6. The summed E-state index contributed by atoms with van der Waals surface area (Å²) in [6.07, 6.45) is 2.12. The number of phenolic OH excluding ortho intramolecular Hbond substituents is 4. The minimum Gasteiger partial charge on any atom is -0.507 e. The van der Waals surface area contributed by atoms with Crippen LogP contribution in [-0.4, -0.2) is 48.2 Å². The molecule has 0 saturated carbocycles. The fourth-order valence-corrected chi connectivity index (χ4v) is 7.39. The average molecular weight is 725 g/mol. The third-order valence-corrected chi connectivity index (χ3v) is 10.1. The molecule has 276 valence electrons. The number of ether oxygens (including phenoxy) is 4. The number of para-hydroxylation sites is 6. The molecular formula is C46H44O8. The Balaban J connectivity index is 1.37. The van der Waals surface area contributed by atoms with Crippen molar-refractivity contribution in [1.82, 2.24) is 0 Å². The van der Waals surface area contributed by atoms with Gasteiger partial charge in [-0.1, -0.05) is 109 Å². The van der Waals surface area contributed by atoms with Crippen LogP contribution in [0.3, 0.4) is 0 Å². The zero-order valence-electron chi connectivity index (χ0n) is 30.5. The first-order chi connectivity index (χ1) is 26.3. The van der Waals surface area contributed by atoms with Crippen molar-refractivity contribution in [2.24, 2.45) is 0 Å². The fourth-order valence-electron chi connectivity index (χ4n) is 7.39. The Labute approximate surface area is 315 Å². The summed E-state index contributed by atoms with van der Waals surface area (Å²) >= 11 is 0. The summed E-state index contributed by atoms with van der Waals surface area (Å²) in [5, 5.41) is 46.5. The Morgan fingerprint density at radius 1 is 0.333 bits per heavy atom. The van der Waals surface area contributed by atoms with Crippen LogP contribution in [0, 0.1) is 0 Å². The second kappa shape index (κ2) is 16.4. The predicted octanol–water partition coefficient (Wildman–Crippen LogP) is 8.33. The molecule has 8 heteroatoms. The van der Waals surface area contributed by atoms with E-state index in [4.69, 9.17) is 18.9 Å². The molecule has 0 aliphatic heterocycles. The molecule has 1 aliphatic carbocycles. The summed E-state index contributed by atoms with van der Waals surface area (Å²) < 4.78 is 23.0. The maximum Gasteiger partial charge on any atom is 0.188 e. The highest BCUT2D eigenvalue weighted by molar-refractivity contribution is 5.56. The first-order valence-electron chi connectivity index (χ1n) is 18.0. The second-order valence-corrected chi connectivity index (χ2v) is 13.7. The minimum atomic E-state index is 0.0247. The van der Waals surface area contributed by atoms with Crippen LogP contribution in [0.25, 0.3) is 0 Å². The smallest absolute Gasteiger partial charge is 0.188 e. The van der Waals surface area contributed by atoms with Crippen molar-refractivity contribution in [1.29, 1.82) is 0 Å². The molecule has 6 aromatic rings. The van der Waals surface area contributed by atoms with Crippen molar-refractivity contribution in [2.45, 2.75) is 38.5 Å². The second-order valence-electron chi connectivity index (χ2n) is 13.7. The van der Waals surface area contributed by atoms with Crippen molar-refractivity contribution >= 4 is 0 Å². The summed E-state index contributed by atoms with van der Waals surface area (Å²) in [4.78, 5) is 0. The van der Waals surface area contributed by atoms with Crippen LogP contribution < -0.4 is 9.47 Å². The van der Waals surface area contributed by atoms with Crippen molar-refractivity contribution in [3.63, 3.8) is 0 Å². The molecule has 1 aliphatic rings. The lowest BCUT2D eigenvalue weighted by Crippen LogP contribution is -2.07. The summed E-state index contributed by atoms with van der Waals surface area (Å²) in [7, 11) is 3.13. The van der Waals surface area contributed by atoms with Gasteiger partial charge in [0.2, 0.25) is 0 Å². The number of fused-ring (bicyclic) bond motifs is 12. The molecule has 12 bridgehead atoms. The molecule has 0 atom stereocenters. The molecule has 8 nitrogen and oxygen atoms in total. The Morgan fingerprint density at radius 2 is 0.519 bits per heavy atom. The van der Waals surface area contributed by atoms with Gasteiger partial charge in [0, 0.05) is 52.7 Å². The molecule has 0 radical (unpaired) electrons. The number of phenols is 4. The number of hydrogen-bond acceptors (Lipinski definition) is 8. The molecule has 0 unspecified atom stereocenters. The van der Waals surface area contributed by atoms with Gasteiger partial charge in [0.15, 0.2) is 13.6 Å². The van der Waals surface area contributed by atoms with Gasteiger partial charge in [0.25, 0.3) is 0 Å². The first-order valence-corrected chi connectivity index (χ1v) is 18.0. The first kappa shape index (κ1) is 36.4. The van der Waals surface area contributed by atoms with Crippen molar-refractivity contribution in [3.8, 4) is 34.5 Å². The average Bonchev–Trinajstić information content (AvgIpc) is 3.17. The van der Waals surface area contributed by atoms with Gasteiger partial charge in [-0.3, -0.25) is 0 Å². The SMILES string of the molecule is COCOc1c2cccc1Cc1cccc(c1O)Cc1cccc(c1O)Cc1cccc(c1OCOC)Cc1cccc(c1O)Cc1cccc(c1O)C2. The Bertz CT molecular complexity index is 1970. The van der Waals surface area contributed by atoms with Crippen molar-refractivity contribution in [2.75, 3.05) is 27.8 Å². The van der Waals surface area contributed by atoms with E-state index in [1.165, 1.54) is 0 Å². The molecule has 4 N–H and O–H groups in total. The number of methoxy groups -OCH3 is 2. The van der Waals surface area contributed by atoms with Crippen LogP contribution in [-0.2, 0) is 48.0 Å². The van der Waals surface area contributed by atoms with E-state index in [1.807, 2.05) is 109 Å². The fraction of sp³-hybridized carbons (Fsp3) is 0.217. The largest absolute Gasteiger partial charge is 0.507 e. The molecular weight excluding hydrogens is 680 g/mol. The number of rotatable bonds is 6. The van der Waals surface area contributed by atoms with Gasteiger partial charge in [-0.2, -0.15) is 0 Å². The van der Waals surface area contributed by atoms with Gasteiger partial charge < -0.3 is 39.4 Å². The highest BCUT2D eigenvalue weighted by Crippen LogP contribution is 2.39. The Morgan fingerprint density at radius 3 is 0.722 bits per heavy atom. The molecule has 0 spiro atoms. The summed E-state index contributed by atoms with van der Waals surface area (Å²) in [6, 6.07) is 34.4.